The van der Waals surface area contributed by atoms with E-state index >= 15 is 0 Å². The average Bonchev–Trinajstić information content (AvgIpc) is 2.80. The van der Waals surface area contributed by atoms with Gasteiger partial charge in [-0.3, -0.25) is 0 Å². The van der Waals surface area contributed by atoms with E-state index in [0.717, 1.165) is 19.3 Å². The lowest BCUT2D eigenvalue weighted by Gasteiger charge is -2.44. The van der Waals surface area contributed by atoms with E-state index in [1.165, 1.54) is 0 Å². The van der Waals surface area contributed by atoms with Gasteiger partial charge in [0.25, 0.3) is 0 Å². The molecule has 2 fully saturated rings. The van der Waals surface area contributed by atoms with E-state index in [4.69, 9.17) is 10.5 Å². The predicted octanol–water partition coefficient (Wildman–Crippen LogP) is 1.39. The number of rotatable bonds is 1. The molecule has 2 saturated carbocycles. The first-order valence-corrected chi connectivity index (χ1v) is 5.59. The molecule has 0 bridgehead atoms. The second kappa shape index (κ2) is 3.11. The maximum atomic E-state index is 11.5. The molecule has 2 rings (SSSR count). The lowest BCUT2D eigenvalue weighted by molar-refractivity contribution is 0.0387. The number of nitrogens with two attached hydrogens (primary N) is 1. The summed E-state index contributed by atoms with van der Waals surface area (Å²) in [6.45, 7) is 5.60. The Hall–Kier alpha value is -0.770. The molecular weight excluding hydrogens is 192 g/mol. The van der Waals surface area contributed by atoms with Gasteiger partial charge in [0.2, 0.25) is 0 Å². The Labute approximate surface area is 90.5 Å². The van der Waals surface area contributed by atoms with Gasteiger partial charge in [-0.15, -0.1) is 0 Å². The average molecular weight is 212 g/mol. The zero-order valence-electron chi connectivity index (χ0n) is 9.67. The molecule has 0 radical (unpaired) electrons. The summed E-state index contributed by atoms with van der Waals surface area (Å²) in [5.74, 6) is 0. The van der Waals surface area contributed by atoms with Gasteiger partial charge in [-0.2, -0.15) is 0 Å². The first-order valence-electron chi connectivity index (χ1n) is 5.59. The Morgan fingerprint density at radius 2 is 2.07 bits per heavy atom. The molecule has 0 saturated heterocycles. The third kappa shape index (κ3) is 1.95. The van der Waals surface area contributed by atoms with Crippen LogP contribution in [-0.2, 0) is 4.74 Å². The van der Waals surface area contributed by atoms with E-state index in [2.05, 4.69) is 5.32 Å². The van der Waals surface area contributed by atoms with Crippen LogP contribution in [0.5, 0.6) is 0 Å². The fourth-order valence-electron chi connectivity index (χ4n) is 2.34. The highest BCUT2D eigenvalue weighted by atomic mass is 16.6. The van der Waals surface area contributed by atoms with Gasteiger partial charge in [-0.25, -0.2) is 4.79 Å². The molecule has 0 aromatic rings. The van der Waals surface area contributed by atoms with Gasteiger partial charge >= 0.3 is 6.09 Å². The van der Waals surface area contributed by atoms with Crippen molar-refractivity contribution in [2.45, 2.75) is 57.7 Å². The third-order valence-corrected chi connectivity index (χ3v) is 3.44. The largest absolute Gasteiger partial charge is 0.444 e. The van der Waals surface area contributed by atoms with E-state index in [-0.39, 0.29) is 23.6 Å². The van der Waals surface area contributed by atoms with Crippen molar-refractivity contribution >= 4 is 6.09 Å². The maximum absolute atomic E-state index is 11.5. The fourth-order valence-corrected chi connectivity index (χ4v) is 2.34. The number of hydrogen-bond donors (Lipinski definition) is 2. The van der Waals surface area contributed by atoms with E-state index in [0.29, 0.717) is 0 Å². The molecule has 1 spiro atoms. The van der Waals surface area contributed by atoms with Gasteiger partial charge in [-0.05, 0) is 40.0 Å². The Balaban J connectivity index is 1.81. The van der Waals surface area contributed by atoms with E-state index in [1.54, 1.807) is 0 Å². The number of ether oxygens (including phenoxy) is 1. The lowest BCUT2D eigenvalue weighted by Crippen LogP contribution is -2.61. The lowest BCUT2D eigenvalue weighted by atomic mass is 9.71. The number of amides is 1. The first kappa shape index (κ1) is 10.7. The molecular formula is C11H20N2O2. The Morgan fingerprint density at radius 3 is 2.47 bits per heavy atom. The van der Waals surface area contributed by atoms with Gasteiger partial charge in [0.15, 0.2) is 0 Å². The molecule has 15 heavy (non-hydrogen) atoms. The Bertz CT molecular complexity index is 279. The van der Waals surface area contributed by atoms with Crippen LogP contribution in [0.4, 0.5) is 4.79 Å². The Kier molecular flexibility index (Phi) is 2.23. The standard InChI is InChI=1S/C11H20N2O2/c1-10(2,3)15-9(14)13-8-6-7(12)11(8)4-5-11/h7-8H,4-6,12H2,1-3H3,(H,13,14). The van der Waals surface area contributed by atoms with Gasteiger partial charge < -0.3 is 15.8 Å². The molecule has 1 amide bonds. The summed E-state index contributed by atoms with van der Waals surface area (Å²) >= 11 is 0. The number of hydrogen-bond acceptors (Lipinski definition) is 3. The van der Waals surface area contributed by atoms with Crippen molar-refractivity contribution in [1.29, 1.82) is 0 Å². The summed E-state index contributed by atoms with van der Waals surface area (Å²) in [5, 5.41) is 2.91. The monoisotopic (exact) mass is 212 g/mol. The highest BCUT2D eigenvalue weighted by molar-refractivity contribution is 5.68. The summed E-state index contributed by atoms with van der Waals surface area (Å²) in [6, 6.07) is 0.514. The summed E-state index contributed by atoms with van der Waals surface area (Å²) in [4.78, 5) is 11.5. The maximum Gasteiger partial charge on any atom is 0.407 e. The van der Waals surface area contributed by atoms with Gasteiger partial charge in [-0.1, -0.05) is 0 Å². The predicted molar refractivity (Wildman–Crippen MR) is 57.4 cm³/mol. The van der Waals surface area contributed by atoms with Gasteiger partial charge in [0.1, 0.15) is 5.60 Å². The normalized spacial score (nSPS) is 32.0. The minimum Gasteiger partial charge on any atom is -0.444 e. The molecule has 0 aliphatic heterocycles. The van der Waals surface area contributed by atoms with Crippen molar-refractivity contribution < 1.29 is 9.53 Å². The highest BCUT2D eigenvalue weighted by Gasteiger charge is 2.62. The van der Waals surface area contributed by atoms with Crippen LogP contribution in [0.15, 0.2) is 0 Å². The topological polar surface area (TPSA) is 64.3 Å². The summed E-state index contributed by atoms with van der Waals surface area (Å²) < 4.78 is 5.21. The van der Waals surface area contributed by atoms with E-state index < -0.39 is 5.60 Å². The fraction of sp³-hybridized carbons (Fsp3) is 0.909. The van der Waals surface area contributed by atoms with Crippen LogP contribution in [0.2, 0.25) is 0 Å². The van der Waals surface area contributed by atoms with Crippen LogP contribution in [0, 0.1) is 5.41 Å². The number of carbonyl (C=O) groups excluding carboxylic acids is 1. The SMILES string of the molecule is CC(C)(C)OC(=O)NC1CC(N)C12CC2. The third-order valence-electron chi connectivity index (χ3n) is 3.44. The molecule has 2 atom stereocenters. The quantitative estimate of drug-likeness (QED) is 0.690. The molecule has 3 N–H and O–H groups in total. The van der Waals surface area contributed by atoms with Crippen molar-refractivity contribution in [3.8, 4) is 0 Å². The Morgan fingerprint density at radius 1 is 1.47 bits per heavy atom. The minimum atomic E-state index is -0.424. The van der Waals surface area contributed by atoms with Crippen molar-refractivity contribution in [2.24, 2.45) is 11.1 Å². The highest BCUT2D eigenvalue weighted by Crippen LogP contribution is 2.59. The van der Waals surface area contributed by atoms with Crippen LogP contribution in [0.25, 0.3) is 0 Å². The summed E-state index contributed by atoms with van der Waals surface area (Å²) in [7, 11) is 0. The van der Waals surface area contributed by atoms with Crippen LogP contribution >= 0.6 is 0 Å². The number of carbonyl (C=O) groups is 1. The molecule has 2 unspecified atom stereocenters. The number of nitrogens with one attached hydrogen (secondary N) is 1. The number of alkyl carbamates (subject to hydrolysis) is 1. The van der Waals surface area contributed by atoms with Gasteiger partial charge in [0.05, 0.1) is 0 Å². The molecule has 0 aromatic heterocycles. The van der Waals surface area contributed by atoms with Crippen LogP contribution in [0.1, 0.15) is 40.0 Å². The van der Waals surface area contributed by atoms with Crippen LogP contribution < -0.4 is 11.1 Å². The smallest absolute Gasteiger partial charge is 0.407 e. The zero-order chi connectivity index (χ0) is 11.3. The molecule has 2 aliphatic carbocycles. The van der Waals surface area contributed by atoms with Crippen molar-refractivity contribution in [3.63, 3.8) is 0 Å². The molecule has 2 aliphatic rings. The second-order valence-electron chi connectivity index (χ2n) is 5.77. The molecule has 0 heterocycles. The van der Waals surface area contributed by atoms with Crippen molar-refractivity contribution in [1.82, 2.24) is 5.32 Å². The summed E-state index contributed by atoms with van der Waals surface area (Å²) in [5.41, 5.74) is 5.72. The zero-order valence-corrected chi connectivity index (χ0v) is 9.67. The van der Waals surface area contributed by atoms with Crippen molar-refractivity contribution in [3.05, 3.63) is 0 Å². The van der Waals surface area contributed by atoms with Gasteiger partial charge in [0, 0.05) is 17.5 Å². The van der Waals surface area contributed by atoms with E-state index in [9.17, 15) is 4.79 Å². The molecule has 86 valence electrons. The van der Waals surface area contributed by atoms with E-state index in [1.807, 2.05) is 20.8 Å². The summed E-state index contributed by atoms with van der Waals surface area (Å²) in [6.07, 6.45) is 2.87. The van der Waals surface area contributed by atoms with Crippen LogP contribution in [-0.4, -0.2) is 23.8 Å². The molecule has 4 nitrogen and oxygen atoms in total. The molecule has 4 heteroatoms. The minimum absolute atomic E-state index is 0.219. The van der Waals surface area contributed by atoms with Crippen molar-refractivity contribution in [2.75, 3.05) is 0 Å². The van der Waals surface area contributed by atoms with Crippen LogP contribution in [0.3, 0.4) is 0 Å². The first-order chi connectivity index (χ1) is 6.83. The second-order valence-corrected chi connectivity index (χ2v) is 5.77. The molecule has 0 aromatic carbocycles.